The highest BCUT2D eigenvalue weighted by atomic mass is 16.1. The molecule has 0 bridgehead atoms. The van der Waals surface area contributed by atoms with E-state index in [2.05, 4.69) is 39.9 Å². The Labute approximate surface area is 93.8 Å². The van der Waals surface area contributed by atoms with E-state index in [1.165, 1.54) is 0 Å². The fourth-order valence-electron chi connectivity index (χ4n) is 1.59. The molecular formula is C12H26N2O. The molecule has 0 unspecified atom stereocenters. The summed E-state index contributed by atoms with van der Waals surface area (Å²) in [5.41, 5.74) is 5.55. The lowest BCUT2D eigenvalue weighted by atomic mass is 9.89. The largest absolute Gasteiger partial charge is 0.349 e. The van der Waals surface area contributed by atoms with E-state index < -0.39 is 0 Å². The lowest BCUT2D eigenvalue weighted by molar-refractivity contribution is -0.124. The first-order chi connectivity index (χ1) is 6.78. The van der Waals surface area contributed by atoms with Crippen molar-refractivity contribution in [2.45, 2.75) is 59.4 Å². The van der Waals surface area contributed by atoms with E-state index in [9.17, 15) is 4.79 Å². The molecule has 15 heavy (non-hydrogen) atoms. The number of hydrogen-bond acceptors (Lipinski definition) is 2. The van der Waals surface area contributed by atoms with E-state index >= 15 is 0 Å². The van der Waals surface area contributed by atoms with Crippen LogP contribution in [0.4, 0.5) is 0 Å². The van der Waals surface area contributed by atoms with E-state index in [0.717, 1.165) is 12.8 Å². The van der Waals surface area contributed by atoms with Gasteiger partial charge in [-0.15, -0.1) is 0 Å². The standard InChI is InChI=1S/C12H26N2O/c1-6-12(7-2,9-13)14-10(15)8-11(3,4)5/h6-9,13H2,1-5H3,(H,14,15). The Morgan fingerprint density at radius 1 is 1.20 bits per heavy atom. The van der Waals surface area contributed by atoms with Gasteiger partial charge in [-0.25, -0.2) is 0 Å². The molecule has 0 spiro atoms. The lowest BCUT2D eigenvalue weighted by Gasteiger charge is -2.32. The summed E-state index contributed by atoms with van der Waals surface area (Å²) in [5, 5.41) is 3.07. The molecule has 0 saturated carbocycles. The van der Waals surface area contributed by atoms with Gasteiger partial charge in [-0.05, 0) is 18.3 Å². The minimum atomic E-state index is -0.206. The minimum Gasteiger partial charge on any atom is -0.349 e. The third-order valence-corrected chi connectivity index (χ3v) is 2.84. The third-order valence-electron chi connectivity index (χ3n) is 2.84. The zero-order chi connectivity index (χ0) is 12.1. The van der Waals surface area contributed by atoms with E-state index in [4.69, 9.17) is 5.73 Å². The summed E-state index contributed by atoms with van der Waals surface area (Å²) < 4.78 is 0. The van der Waals surface area contributed by atoms with Gasteiger partial charge in [-0.2, -0.15) is 0 Å². The van der Waals surface area contributed by atoms with Crippen LogP contribution >= 0.6 is 0 Å². The molecule has 0 aliphatic rings. The van der Waals surface area contributed by atoms with E-state index in [0.29, 0.717) is 13.0 Å². The molecule has 0 aromatic carbocycles. The van der Waals surface area contributed by atoms with Gasteiger partial charge in [0.25, 0.3) is 0 Å². The molecular weight excluding hydrogens is 188 g/mol. The molecule has 0 saturated heterocycles. The van der Waals surface area contributed by atoms with Gasteiger partial charge in [-0.3, -0.25) is 4.79 Å². The molecule has 0 atom stereocenters. The van der Waals surface area contributed by atoms with Gasteiger partial charge in [0, 0.05) is 13.0 Å². The SMILES string of the molecule is CCC(CC)(CN)NC(=O)CC(C)(C)C. The number of nitrogens with one attached hydrogen (secondary N) is 1. The van der Waals surface area contributed by atoms with Crippen LogP contribution < -0.4 is 11.1 Å². The quantitative estimate of drug-likeness (QED) is 0.736. The van der Waals surface area contributed by atoms with Crippen LogP contribution in [0.1, 0.15) is 53.9 Å². The first-order valence-electron chi connectivity index (χ1n) is 5.79. The second kappa shape index (κ2) is 5.50. The summed E-state index contributed by atoms with van der Waals surface area (Å²) in [6.45, 7) is 10.8. The van der Waals surface area contributed by atoms with Gasteiger partial charge in [0.05, 0.1) is 5.54 Å². The summed E-state index contributed by atoms with van der Waals surface area (Å²) in [6, 6.07) is 0. The van der Waals surface area contributed by atoms with Crippen molar-refractivity contribution in [1.82, 2.24) is 5.32 Å². The van der Waals surface area contributed by atoms with Crippen LogP contribution in [-0.2, 0) is 4.79 Å². The van der Waals surface area contributed by atoms with Crippen molar-refractivity contribution in [1.29, 1.82) is 0 Å². The van der Waals surface area contributed by atoms with E-state index in [-0.39, 0.29) is 16.9 Å². The Morgan fingerprint density at radius 2 is 1.67 bits per heavy atom. The Kier molecular flexibility index (Phi) is 5.29. The molecule has 0 fully saturated rings. The Morgan fingerprint density at radius 3 is 1.93 bits per heavy atom. The van der Waals surface area contributed by atoms with Crippen molar-refractivity contribution < 1.29 is 4.79 Å². The zero-order valence-electron chi connectivity index (χ0n) is 10.8. The molecule has 0 aliphatic heterocycles. The van der Waals surface area contributed by atoms with Crippen molar-refractivity contribution >= 4 is 5.91 Å². The van der Waals surface area contributed by atoms with Crippen LogP contribution in [0.3, 0.4) is 0 Å². The maximum Gasteiger partial charge on any atom is 0.220 e. The zero-order valence-corrected chi connectivity index (χ0v) is 10.8. The van der Waals surface area contributed by atoms with Crippen LogP contribution in [-0.4, -0.2) is 18.0 Å². The Hall–Kier alpha value is -0.570. The molecule has 0 rings (SSSR count). The number of carbonyl (C=O) groups is 1. The first-order valence-corrected chi connectivity index (χ1v) is 5.79. The van der Waals surface area contributed by atoms with Crippen molar-refractivity contribution in [3.05, 3.63) is 0 Å². The monoisotopic (exact) mass is 214 g/mol. The molecule has 3 heteroatoms. The molecule has 90 valence electrons. The van der Waals surface area contributed by atoms with Crippen LogP contribution in [0.5, 0.6) is 0 Å². The average Bonchev–Trinajstić information content (AvgIpc) is 2.11. The summed E-state index contributed by atoms with van der Waals surface area (Å²) in [4.78, 5) is 11.8. The van der Waals surface area contributed by atoms with Crippen molar-refractivity contribution in [3.8, 4) is 0 Å². The van der Waals surface area contributed by atoms with Crippen LogP contribution in [0.25, 0.3) is 0 Å². The summed E-state index contributed by atoms with van der Waals surface area (Å²) in [5.74, 6) is 0.108. The highest BCUT2D eigenvalue weighted by molar-refractivity contribution is 5.77. The highest BCUT2D eigenvalue weighted by Gasteiger charge is 2.27. The van der Waals surface area contributed by atoms with Gasteiger partial charge in [-0.1, -0.05) is 34.6 Å². The third kappa shape index (κ3) is 5.17. The fraction of sp³-hybridized carbons (Fsp3) is 0.917. The van der Waals surface area contributed by atoms with Crippen LogP contribution in [0.15, 0.2) is 0 Å². The number of hydrogen-bond donors (Lipinski definition) is 2. The molecule has 0 aromatic rings. The van der Waals surface area contributed by atoms with Gasteiger partial charge in [0.1, 0.15) is 0 Å². The lowest BCUT2D eigenvalue weighted by Crippen LogP contribution is -2.53. The smallest absolute Gasteiger partial charge is 0.220 e. The van der Waals surface area contributed by atoms with Gasteiger partial charge < -0.3 is 11.1 Å². The number of carbonyl (C=O) groups excluding carboxylic acids is 1. The maximum absolute atomic E-state index is 11.8. The highest BCUT2D eigenvalue weighted by Crippen LogP contribution is 2.20. The first kappa shape index (κ1) is 14.4. The van der Waals surface area contributed by atoms with E-state index in [1.54, 1.807) is 0 Å². The predicted octanol–water partition coefficient (Wildman–Crippen LogP) is 2.06. The molecule has 0 heterocycles. The second-order valence-electron chi connectivity index (χ2n) is 5.48. The number of rotatable bonds is 5. The molecule has 0 aromatic heterocycles. The van der Waals surface area contributed by atoms with Gasteiger partial charge in [0.15, 0.2) is 0 Å². The van der Waals surface area contributed by atoms with Crippen LogP contribution in [0.2, 0.25) is 0 Å². The Balaban J connectivity index is 4.36. The molecule has 3 N–H and O–H groups in total. The van der Waals surface area contributed by atoms with Crippen LogP contribution in [0, 0.1) is 5.41 Å². The normalized spacial score (nSPS) is 12.7. The van der Waals surface area contributed by atoms with E-state index in [1.807, 2.05) is 0 Å². The summed E-state index contributed by atoms with van der Waals surface area (Å²) in [6.07, 6.45) is 2.32. The van der Waals surface area contributed by atoms with Gasteiger partial charge >= 0.3 is 0 Å². The van der Waals surface area contributed by atoms with Crippen molar-refractivity contribution in [2.75, 3.05) is 6.54 Å². The summed E-state index contributed by atoms with van der Waals surface area (Å²) >= 11 is 0. The predicted molar refractivity (Wildman–Crippen MR) is 64.6 cm³/mol. The molecule has 0 aliphatic carbocycles. The average molecular weight is 214 g/mol. The Bertz CT molecular complexity index is 194. The van der Waals surface area contributed by atoms with Crippen molar-refractivity contribution in [2.24, 2.45) is 11.1 Å². The molecule has 3 nitrogen and oxygen atoms in total. The molecule has 1 amide bonds. The minimum absolute atomic E-state index is 0.0336. The number of amides is 1. The fourth-order valence-corrected chi connectivity index (χ4v) is 1.59. The van der Waals surface area contributed by atoms with Gasteiger partial charge in [0.2, 0.25) is 5.91 Å². The summed E-state index contributed by atoms with van der Waals surface area (Å²) in [7, 11) is 0. The van der Waals surface area contributed by atoms with Crippen molar-refractivity contribution in [3.63, 3.8) is 0 Å². The topological polar surface area (TPSA) is 55.1 Å². The maximum atomic E-state index is 11.8. The number of nitrogens with two attached hydrogens (primary N) is 1. The second-order valence-corrected chi connectivity index (χ2v) is 5.48. The molecule has 0 radical (unpaired) electrons.